The maximum atomic E-state index is 8.94. The number of anilines is 1. The van der Waals surface area contributed by atoms with Crippen molar-refractivity contribution in [2.45, 2.75) is 44.2 Å². The SMILES string of the molecule is OCCCC[C@@H]1Nc2ccccc2[C@H]2OCCC[C@H]12. The molecule has 3 heteroatoms. The highest BCUT2D eigenvalue weighted by molar-refractivity contribution is 5.55. The van der Waals surface area contributed by atoms with E-state index in [0.29, 0.717) is 18.6 Å². The van der Waals surface area contributed by atoms with Crippen LogP contribution in [0.1, 0.15) is 43.8 Å². The van der Waals surface area contributed by atoms with Crippen LogP contribution >= 0.6 is 0 Å². The molecule has 1 aromatic carbocycles. The molecule has 0 bridgehead atoms. The fourth-order valence-corrected chi connectivity index (χ4v) is 3.48. The standard InChI is InChI=1S/C16H23NO2/c18-10-4-3-9-15-13-7-5-11-19-16(13)12-6-1-2-8-14(12)17-15/h1-2,6,8,13,15-18H,3-5,7,9-11H2/t13-,15+,16-/m1/s1. The third-order valence-electron chi connectivity index (χ3n) is 4.42. The fourth-order valence-electron chi connectivity index (χ4n) is 3.48. The summed E-state index contributed by atoms with van der Waals surface area (Å²) in [7, 11) is 0. The average Bonchev–Trinajstić information content (AvgIpc) is 2.47. The molecule has 0 spiro atoms. The quantitative estimate of drug-likeness (QED) is 0.818. The van der Waals surface area contributed by atoms with Gasteiger partial charge in [0.15, 0.2) is 0 Å². The second-order valence-corrected chi connectivity index (χ2v) is 5.65. The Bertz CT molecular complexity index is 421. The number of aliphatic hydroxyl groups excluding tert-OH is 1. The van der Waals surface area contributed by atoms with E-state index < -0.39 is 0 Å². The van der Waals surface area contributed by atoms with Crippen LogP contribution in [0.5, 0.6) is 0 Å². The first-order chi connectivity index (χ1) is 9.40. The van der Waals surface area contributed by atoms with Crippen LogP contribution < -0.4 is 5.32 Å². The number of para-hydroxylation sites is 1. The van der Waals surface area contributed by atoms with Crippen molar-refractivity contribution in [1.29, 1.82) is 0 Å². The molecule has 3 rings (SSSR count). The van der Waals surface area contributed by atoms with E-state index in [9.17, 15) is 0 Å². The van der Waals surface area contributed by atoms with Crippen LogP contribution in [0, 0.1) is 5.92 Å². The minimum atomic E-state index is 0.269. The molecule has 2 aliphatic heterocycles. The number of nitrogens with one attached hydrogen (secondary N) is 1. The summed E-state index contributed by atoms with van der Waals surface area (Å²) in [5.41, 5.74) is 2.56. The monoisotopic (exact) mass is 261 g/mol. The van der Waals surface area contributed by atoms with Gasteiger partial charge in [0.2, 0.25) is 0 Å². The van der Waals surface area contributed by atoms with Gasteiger partial charge in [-0.15, -0.1) is 0 Å². The Morgan fingerprint density at radius 2 is 2.16 bits per heavy atom. The first-order valence-electron chi connectivity index (χ1n) is 7.48. The maximum Gasteiger partial charge on any atom is 0.0892 e. The minimum Gasteiger partial charge on any atom is -0.396 e. The van der Waals surface area contributed by atoms with E-state index in [2.05, 4.69) is 29.6 Å². The number of rotatable bonds is 4. The van der Waals surface area contributed by atoms with Crippen molar-refractivity contribution < 1.29 is 9.84 Å². The molecule has 2 aliphatic rings. The maximum absolute atomic E-state index is 8.94. The topological polar surface area (TPSA) is 41.5 Å². The summed E-state index contributed by atoms with van der Waals surface area (Å²) in [6.45, 7) is 1.19. The van der Waals surface area contributed by atoms with Gasteiger partial charge in [-0.2, -0.15) is 0 Å². The first-order valence-corrected chi connectivity index (χ1v) is 7.48. The van der Waals surface area contributed by atoms with Crippen LogP contribution in [0.15, 0.2) is 24.3 Å². The third kappa shape index (κ3) is 2.63. The Hall–Kier alpha value is -1.06. The van der Waals surface area contributed by atoms with Gasteiger partial charge in [-0.05, 0) is 38.2 Å². The number of benzene rings is 1. The van der Waals surface area contributed by atoms with Gasteiger partial charge < -0.3 is 15.2 Å². The van der Waals surface area contributed by atoms with E-state index in [4.69, 9.17) is 9.84 Å². The number of hydrogen-bond donors (Lipinski definition) is 2. The third-order valence-corrected chi connectivity index (χ3v) is 4.42. The highest BCUT2D eigenvalue weighted by atomic mass is 16.5. The summed E-state index contributed by atoms with van der Waals surface area (Å²) >= 11 is 0. The number of unbranched alkanes of at least 4 members (excludes halogenated alkanes) is 1. The van der Waals surface area contributed by atoms with E-state index >= 15 is 0 Å². The van der Waals surface area contributed by atoms with Gasteiger partial charge in [-0.25, -0.2) is 0 Å². The second kappa shape index (κ2) is 5.93. The zero-order valence-corrected chi connectivity index (χ0v) is 11.3. The van der Waals surface area contributed by atoms with Crippen molar-refractivity contribution in [3.63, 3.8) is 0 Å². The Labute approximate surface area is 115 Å². The van der Waals surface area contributed by atoms with Crippen LogP contribution in [0.25, 0.3) is 0 Å². The number of hydrogen-bond acceptors (Lipinski definition) is 3. The summed E-state index contributed by atoms with van der Waals surface area (Å²) in [6.07, 6.45) is 5.79. The zero-order valence-electron chi connectivity index (χ0n) is 11.3. The molecule has 0 saturated carbocycles. The zero-order chi connectivity index (χ0) is 13.1. The summed E-state index contributed by atoms with van der Waals surface area (Å²) in [5.74, 6) is 0.586. The highest BCUT2D eigenvalue weighted by Gasteiger charge is 2.38. The molecule has 104 valence electrons. The highest BCUT2D eigenvalue weighted by Crippen LogP contribution is 2.44. The van der Waals surface area contributed by atoms with Crippen molar-refractivity contribution in [3.8, 4) is 0 Å². The van der Waals surface area contributed by atoms with Crippen LogP contribution in [0.4, 0.5) is 5.69 Å². The number of ether oxygens (including phenoxy) is 1. The van der Waals surface area contributed by atoms with Crippen molar-refractivity contribution in [2.24, 2.45) is 5.92 Å². The minimum absolute atomic E-state index is 0.269. The van der Waals surface area contributed by atoms with Crippen molar-refractivity contribution in [1.82, 2.24) is 0 Å². The molecule has 0 unspecified atom stereocenters. The largest absolute Gasteiger partial charge is 0.396 e. The fraction of sp³-hybridized carbons (Fsp3) is 0.625. The van der Waals surface area contributed by atoms with E-state index in [1.807, 2.05) is 0 Å². The predicted octanol–water partition coefficient (Wildman–Crippen LogP) is 3.11. The van der Waals surface area contributed by atoms with Crippen LogP contribution in [-0.2, 0) is 4.74 Å². The summed E-state index contributed by atoms with van der Waals surface area (Å²) in [5, 5.41) is 12.6. The Kier molecular flexibility index (Phi) is 4.04. The van der Waals surface area contributed by atoms with Gasteiger partial charge in [0.05, 0.1) is 6.10 Å². The number of aliphatic hydroxyl groups is 1. The normalized spacial score (nSPS) is 29.2. The van der Waals surface area contributed by atoms with Gasteiger partial charge in [-0.1, -0.05) is 18.2 Å². The molecule has 3 atom stereocenters. The van der Waals surface area contributed by atoms with Crippen LogP contribution in [-0.4, -0.2) is 24.4 Å². The molecule has 2 heterocycles. The Morgan fingerprint density at radius 1 is 1.26 bits per heavy atom. The molecular weight excluding hydrogens is 238 g/mol. The molecular formula is C16H23NO2. The van der Waals surface area contributed by atoms with Crippen LogP contribution in [0.3, 0.4) is 0 Å². The molecule has 0 aliphatic carbocycles. The molecule has 3 nitrogen and oxygen atoms in total. The van der Waals surface area contributed by atoms with E-state index in [1.165, 1.54) is 24.1 Å². The van der Waals surface area contributed by atoms with E-state index in [-0.39, 0.29) is 6.10 Å². The van der Waals surface area contributed by atoms with Gasteiger partial charge >= 0.3 is 0 Å². The Balaban J connectivity index is 1.79. The lowest BCUT2D eigenvalue weighted by Crippen LogP contribution is -2.41. The number of fused-ring (bicyclic) bond motifs is 3. The molecule has 1 aromatic rings. The van der Waals surface area contributed by atoms with Crippen LogP contribution in [0.2, 0.25) is 0 Å². The molecule has 0 radical (unpaired) electrons. The van der Waals surface area contributed by atoms with Crippen molar-refractivity contribution >= 4 is 5.69 Å². The van der Waals surface area contributed by atoms with E-state index in [1.54, 1.807) is 0 Å². The average molecular weight is 261 g/mol. The van der Waals surface area contributed by atoms with Gasteiger partial charge in [0, 0.05) is 36.4 Å². The van der Waals surface area contributed by atoms with Crippen molar-refractivity contribution in [3.05, 3.63) is 29.8 Å². The van der Waals surface area contributed by atoms with E-state index in [0.717, 1.165) is 25.9 Å². The molecule has 0 aromatic heterocycles. The second-order valence-electron chi connectivity index (χ2n) is 5.65. The van der Waals surface area contributed by atoms with Gasteiger partial charge in [0.1, 0.15) is 0 Å². The summed E-state index contributed by atoms with van der Waals surface area (Å²) < 4.78 is 6.06. The first kappa shape index (κ1) is 12.9. The molecule has 0 amide bonds. The summed E-state index contributed by atoms with van der Waals surface area (Å²) in [4.78, 5) is 0. The van der Waals surface area contributed by atoms with Gasteiger partial charge in [-0.3, -0.25) is 0 Å². The summed E-state index contributed by atoms with van der Waals surface area (Å²) in [6, 6.07) is 9.02. The lowest BCUT2D eigenvalue weighted by atomic mass is 9.78. The molecule has 2 N–H and O–H groups in total. The smallest absolute Gasteiger partial charge is 0.0892 e. The van der Waals surface area contributed by atoms with Gasteiger partial charge in [0.25, 0.3) is 0 Å². The molecule has 1 fully saturated rings. The molecule has 1 saturated heterocycles. The molecule has 19 heavy (non-hydrogen) atoms. The Morgan fingerprint density at radius 3 is 3.05 bits per heavy atom. The lowest BCUT2D eigenvalue weighted by Gasteiger charge is -2.43. The lowest BCUT2D eigenvalue weighted by molar-refractivity contribution is -0.0387. The predicted molar refractivity (Wildman–Crippen MR) is 76.2 cm³/mol. The van der Waals surface area contributed by atoms with Crippen molar-refractivity contribution in [2.75, 3.05) is 18.5 Å².